The summed E-state index contributed by atoms with van der Waals surface area (Å²) in [4.78, 5) is 12.7. The average molecular weight is 469 g/mol. The van der Waals surface area contributed by atoms with Gasteiger partial charge in [-0.05, 0) is 54.4 Å². The summed E-state index contributed by atoms with van der Waals surface area (Å²) in [6.07, 6.45) is 1.79. The molecular formula is C25H20FN7O2. The molecule has 3 aromatic heterocycles. The Hall–Kier alpha value is -4.60. The quantitative estimate of drug-likeness (QED) is 0.420. The number of rotatable bonds is 5. The fourth-order valence-electron chi connectivity index (χ4n) is 4.44. The van der Waals surface area contributed by atoms with E-state index in [2.05, 4.69) is 25.7 Å². The van der Waals surface area contributed by atoms with E-state index in [1.165, 1.54) is 18.5 Å². The van der Waals surface area contributed by atoms with Crippen LogP contribution in [0.25, 0.3) is 11.5 Å². The van der Waals surface area contributed by atoms with Gasteiger partial charge < -0.3 is 10.1 Å². The first-order chi connectivity index (χ1) is 17.0. The molecule has 1 aliphatic rings. The smallest absolute Gasteiger partial charge is 0.226 e. The van der Waals surface area contributed by atoms with Gasteiger partial charge in [0.2, 0.25) is 5.91 Å². The van der Waals surface area contributed by atoms with Crippen LogP contribution in [0.15, 0.2) is 67.0 Å². The normalized spacial score (nSPS) is 15.1. The van der Waals surface area contributed by atoms with Crippen molar-refractivity contribution < 1.29 is 13.9 Å². The molecule has 0 saturated carbocycles. The van der Waals surface area contributed by atoms with Crippen molar-refractivity contribution in [3.8, 4) is 11.6 Å². The van der Waals surface area contributed by atoms with Crippen molar-refractivity contribution >= 4 is 17.4 Å². The SMILES string of the molecule is Cc1nn(-c2ccc3nncn3n2)c2c1[C@@H](c1cccc(OCc3cccc(F)c3)c1)CC(=O)N2. The molecule has 0 aliphatic carbocycles. The minimum absolute atomic E-state index is 0.111. The van der Waals surface area contributed by atoms with Crippen LogP contribution < -0.4 is 10.1 Å². The molecule has 9 nitrogen and oxygen atoms in total. The highest BCUT2D eigenvalue weighted by Gasteiger charge is 2.33. The number of amides is 1. The average Bonchev–Trinajstić information content (AvgIpc) is 3.46. The molecule has 0 radical (unpaired) electrons. The predicted octanol–water partition coefficient (Wildman–Crippen LogP) is 3.81. The number of hydrogen-bond acceptors (Lipinski definition) is 6. The Morgan fingerprint density at radius 1 is 1.11 bits per heavy atom. The lowest BCUT2D eigenvalue weighted by Gasteiger charge is -2.24. The Morgan fingerprint density at radius 3 is 2.89 bits per heavy atom. The third-order valence-corrected chi connectivity index (χ3v) is 6.02. The summed E-state index contributed by atoms with van der Waals surface area (Å²) in [5.74, 6) is 1.16. The molecule has 1 N–H and O–H groups in total. The molecule has 174 valence electrons. The molecule has 1 aliphatic heterocycles. The lowest BCUT2D eigenvalue weighted by Crippen LogP contribution is -2.25. The standard InChI is InChI=1S/C25H20FN7O2/c1-15-24-20(17-5-3-7-19(11-17)35-13-16-4-2-6-18(26)10-16)12-23(34)28-25(24)33(30-15)22-9-8-21-29-27-14-32(21)31-22/h2-11,14,20H,12-13H2,1H3,(H,28,34)/t20-/m1/s1. The number of carbonyl (C=O) groups excluding carboxylic acids is 1. The van der Waals surface area contributed by atoms with Crippen molar-refractivity contribution in [1.29, 1.82) is 0 Å². The summed E-state index contributed by atoms with van der Waals surface area (Å²) >= 11 is 0. The van der Waals surface area contributed by atoms with Gasteiger partial charge >= 0.3 is 0 Å². The highest BCUT2D eigenvalue weighted by Crippen LogP contribution is 2.40. The van der Waals surface area contributed by atoms with E-state index >= 15 is 0 Å². The molecule has 35 heavy (non-hydrogen) atoms. The van der Waals surface area contributed by atoms with Crippen molar-refractivity contribution in [3.63, 3.8) is 0 Å². The number of nitrogens with zero attached hydrogens (tertiary/aromatic N) is 6. The van der Waals surface area contributed by atoms with Gasteiger partial charge in [-0.2, -0.15) is 14.3 Å². The van der Waals surface area contributed by atoms with Crippen molar-refractivity contribution in [3.05, 3.63) is 95.2 Å². The summed E-state index contributed by atoms with van der Waals surface area (Å²) in [5, 5.41) is 20.0. The third-order valence-electron chi connectivity index (χ3n) is 6.02. The van der Waals surface area contributed by atoms with Crippen molar-refractivity contribution in [2.75, 3.05) is 5.32 Å². The second kappa shape index (κ2) is 8.32. The Morgan fingerprint density at radius 2 is 2.00 bits per heavy atom. The molecule has 10 heteroatoms. The van der Waals surface area contributed by atoms with Gasteiger partial charge in [0, 0.05) is 17.9 Å². The van der Waals surface area contributed by atoms with Crippen LogP contribution in [0.1, 0.15) is 34.7 Å². The molecule has 0 saturated heterocycles. The fraction of sp³-hybridized carbons (Fsp3) is 0.160. The Balaban J connectivity index is 1.34. The Bertz CT molecular complexity index is 1580. The van der Waals surface area contributed by atoms with Crippen LogP contribution in [0.3, 0.4) is 0 Å². The minimum atomic E-state index is -0.300. The van der Waals surface area contributed by atoms with Gasteiger partial charge in [-0.25, -0.2) is 4.39 Å². The number of ether oxygens (including phenoxy) is 1. The van der Waals surface area contributed by atoms with E-state index in [4.69, 9.17) is 4.74 Å². The number of carbonyl (C=O) groups is 1. The van der Waals surface area contributed by atoms with Crippen LogP contribution in [0.2, 0.25) is 0 Å². The Kier molecular flexibility index (Phi) is 4.98. The first kappa shape index (κ1) is 21.0. The minimum Gasteiger partial charge on any atom is -0.489 e. The summed E-state index contributed by atoms with van der Waals surface area (Å²) in [6.45, 7) is 2.16. The van der Waals surface area contributed by atoms with Crippen LogP contribution >= 0.6 is 0 Å². The van der Waals surface area contributed by atoms with Gasteiger partial charge in [0.15, 0.2) is 11.5 Å². The number of benzene rings is 2. The Labute approximate surface area is 199 Å². The zero-order chi connectivity index (χ0) is 23.9. The van der Waals surface area contributed by atoms with Crippen molar-refractivity contribution in [2.24, 2.45) is 0 Å². The summed E-state index contributed by atoms with van der Waals surface area (Å²) < 4.78 is 22.6. The number of fused-ring (bicyclic) bond motifs is 2. The number of nitrogens with one attached hydrogen (secondary N) is 1. The van der Waals surface area contributed by atoms with E-state index in [9.17, 15) is 9.18 Å². The van der Waals surface area contributed by atoms with Crippen LogP contribution in [0.5, 0.6) is 5.75 Å². The van der Waals surface area contributed by atoms with Crippen LogP contribution in [-0.2, 0) is 11.4 Å². The van der Waals surface area contributed by atoms with E-state index in [0.717, 1.165) is 22.4 Å². The molecule has 0 bridgehead atoms. The van der Waals surface area contributed by atoms with E-state index < -0.39 is 0 Å². The lowest BCUT2D eigenvalue weighted by molar-refractivity contribution is -0.116. The monoisotopic (exact) mass is 469 g/mol. The van der Waals surface area contributed by atoms with Crippen LogP contribution in [0, 0.1) is 12.7 Å². The van der Waals surface area contributed by atoms with Crippen molar-refractivity contribution in [1.82, 2.24) is 29.6 Å². The second-order valence-corrected chi connectivity index (χ2v) is 8.38. The van der Waals surface area contributed by atoms with Gasteiger partial charge in [0.25, 0.3) is 0 Å². The molecule has 1 atom stereocenters. The molecule has 4 heterocycles. The highest BCUT2D eigenvalue weighted by atomic mass is 19.1. The van der Waals surface area contributed by atoms with E-state index in [1.54, 1.807) is 27.4 Å². The zero-order valence-corrected chi connectivity index (χ0v) is 18.7. The van der Waals surface area contributed by atoms with E-state index in [1.807, 2.05) is 37.3 Å². The molecule has 0 fully saturated rings. The molecular weight excluding hydrogens is 449 g/mol. The van der Waals surface area contributed by atoms with Gasteiger partial charge in [-0.1, -0.05) is 24.3 Å². The topological polar surface area (TPSA) is 99.2 Å². The maximum absolute atomic E-state index is 13.5. The third kappa shape index (κ3) is 3.88. The molecule has 0 unspecified atom stereocenters. The summed E-state index contributed by atoms with van der Waals surface area (Å²) in [6, 6.07) is 17.5. The lowest BCUT2D eigenvalue weighted by atomic mass is 9.86. The molecule has 0 spiro atoms. The first-order valence-electron chi connectivity index (χ1n) is 11.1. The number of aromatic nitrogens is 6. The molecule has 6 rings (SSSR count). The molecule has 2 aromatic carbocycles. The number of aryl methyl sites for hydroxylation is 1. The van der Waals surface area contributed by atoms with Gasteiger partial charge in [0.05, 0.1) is 5.69 Å². The van der Waals surface area contributed by atoms with Gasteiger partial charge in [-0.3, -0.25) is 4.79 Å². The van der Waals surface area contributed by atoms with E-state index in [-0.39, 0.29) is 30.7 Å². The van der Waals surface area contributed by atoms with Crippen LogP contribution in [0.4, 0.5) is 10.2 Å². The van der Waals surface area contributed by atoms with Crippen molar-refractivity contribution in [2.45, 2.75) is 25.9 Å². The van der Waals surface area contributed by atoms with Gasteiger partial charge in [0.1, 0.15) is 30.3 Å². The largest absolute Gasteiger partial charge is 0.489 e. The molecule has 1 amide bonds. The predicted molar refractivity (Wildman–Crippen MR) is 125 cm³/mol. The molecule has 5 aromatic rings. The number of anilines is 1. The summed E-state index contributed by atoms with van der Waals surface area (Å²) in [5.41, 5.74) is 4.01. The maximum Gasteiger partial charge on any atom is 0.226 e. The van der Waals surface area contributed by atoms with Crippen LogP contribution in [-0.4, -0.2) is 35.5 Å². The maximum atomic E-state index is 13.5. The van der Waals surface area contributed by atoms with E-state index in [0.29, 0.717) is 23.0 Å². The zero-order valence-electron chi connectivity index (χ0n) is 18.7. The number of hydrogen-bond donors (Lipinski definition) is 1. The number of halogens is 1. The van der Waals surface area contributed by atoms with Gasteiger partial charge in [-0.15, -0.1) is 15.3 Å². The second-order valence-electron chi connectivity index (χ2n) is 8.38. The first-order valence-corrected chi connectivity index (χ1v) is 11.1. The summed E-state index contributed by atoms with van der Waals surface area (Å²) in [7, 11) is 0. The highest BCUT2D eigenvalue weighted by molar-refractivity contribution is 5.95. The fourth-order valence-corrected chi connectivity index (χ4v) is 4.44.